The van der Waals surface area contributed by atoms with Crippen molar-refractivity contribution in [1.29, 1.82) is 0 Å². The van der Waals surface area contributed by atoms with Crippen LogP contribution in [0.3, 0.4) is 0 Å². The van der Waals surface area contributed by atoms with Crippen LogP contribution in [-0.2, 0) is 20.4 Å². The number of nitrogens with zero attached hydrogens (tertiary/aromatic N) is 2. The smallest absolute Gasteiger partial charge is 0.244 e. The van der Waals surface area contributed by atoms with Crippen LogP contribution in [0.25, 0.3) is 0 Å². The average Bonchev–Trinajstić information content (AvgIpc) is 3.71. The predicted octanol–water partition coefficient (Wildman–Crippen LogP) is 2.79. The Morgan fingerprint density at radius 1 is 0.596 bits per heavy atom. The number of carbonyl (C=O) groups excluding carboxylic acids is 2. The Hall–Kier alpha value is -5.46. The molecule has 242 valence electrons. The van der Waals surface area contributed by atoms with Gasteiger partial charge >= 0.3 is 0 Å². The molecule has 2 amide bonds. The number of anilines is 2. The van der Waals surface area contributed by atoms with E-state index in [0.29, 0.717) is 69.8 Å². The summed E-state index contributed by atoms with van der Waals surface area (Å²) in [5.74, 6) is 0.961. The van der Waals surface area contributed by atoms with Gasteiger partial charge in [-0.3, -0.25) is 9.59 Å². The Morgan fingerprint density at radius 3 is 1.43 bits per heavy atom. The van der Waals surface area contributed by atoms with E-state index in [-0.39, 0.29) is 30.1 Å². The van der Waals surface area contributed by atoms with E-state index in [0.717, 1.165) is 0 Å². The standard InChI is InChI=1S/C18H17NO5.C17H15NO5/c1-19-13-5-3-2-4-11(13)18(10-20,17(19)22)12-8-15-16(9-14(12)21)24-7-6-23-15;1-18-12-5-3-2-4-10(12)17(8-19,16(18)21)11-6-14-15(7-13(11)20)23-9-22-14/h2-5,8-9,20-21H,6-7,10H2,1H3;2-7,19-20H,8-9H2,1H3/t18-;17-/m00/s1. The number of benzene rings is 4. The zero-order valence-corrected chi connectivity index (χ0v) is 25.6. The van der Waals surface area contributed by atoms with Crippen molar-refractivity contribution in [2.75, 3.05) is 57.1 Å². The number of carbonyl (C=O) groups is 2. The van der Waals surface area contributed by atoms with Crippen molar-refractivity contribution in [2.45, 2.75) is 10.8 Å². The topological polar surface area (TPSA) is 158 Å². The number of ether oxygens (including phenoxy) is 4. The molecule has 4 aliphatic rings. The van der Waals surface area contributed by atoms with Crippen molar-refractivity contribution in [1.82, 2.24) is 0 Å². The Bertz CT molecular complexity index is 1930. The lowest BCUT2D eigenvalue weighted by molar-refractivity contribution is -0.123. The van der Waals surface area contributed by atoms with Gasteiger partial charge in [-0.1, -0.05) is 36.4 Å². The normalized spacial score (nSPS) is 21.7. The Labute approximate surface area is 269 Å². The van der Waals surface area contributed by atoms with Crippen LogP contribution in [0, 0.1) is 0 Å². The minimum Gasteiger partial charge on any atom is -0.507 e. The van der Waals surface area contributed by atoms with Crippen molar-refractivity contribution in [3.8, 4) is 34.5 Å². The first-order valence-electron chi connectivity index (χ1n) is 14.9. The summed E-state index contributed by atoms with van der Waals surface area (Å²) in [4.78, 5) is 29.0. The summed E-state index contributed by atoms with van der Waals surface area (Å²) < 4.78 is 21.6. The molecule has 4 aliphatic heterocycles. The molecule has 4 heterocycles. The Balaban J connectivity index is 0.000000150. The van der Waals surface area contributed by atoms with Crippen molar-refractivity contribution in [2.24, 2.45) is 0 Å². The molecular formula is C35H32N2O10. The fraction of sp³-hybridized carbons (Fsp3) is 0.257. The fourth-order valence-corrected chi connectivity index (χ4v) is 6.97. The second kappa shape index (κ2) is 11.1. The molecule has 4 N–H and O–H groups in total. The molecule has 0 saturated heterocycles. The second-order valence-electron chi connectivity index (χ2n) is 11.6. The van der Waals surface area contributed by atoms with Gasteiger partial charge < -0.3 is 49.2 Å². The number of amides is 2. The highest BCUT2D eigenvalue weighted by atomic mass is 16.7. The average molecular weight is 641 g/mol. The monoisotopic (exact) mass is 640 g/mol. The molecule has 2 atom stereocenters. The second-order valence-corrected chi connectivity index (χ2v) is 11.6. The number of hydrogen-bond donors (Lipinski definition) is 4. The van der Waals surface area contributed by atoms with Gasteiger partial charge in [0.15, 0.2) is 23.0 Å². The summed E-state index contributed by atoms with van der Waals surface area (Å²) in [5, 5.41) is 41.3. The molecule has 0 aliphatic carbocycles. The molecule has 4 aromatic carbocycles. The molecule has 0 fully saturated rings. The zero-order chi connectivity index (χ0) is 33.1. The minimum atomic E-state index is -1.36. The Morgan fingerprint density at radius 2 is 0.979 bits per heavy atom. The fourth-order valence-electron chi connectivity index (χ4n) is 6.97. The molecule has 0 spiro atoms. The van der Waals surface area contributed by atoms with Crippen LogP contribution in [0.5, 0.6) is 34.5 Å². The van der Waals surface area contributed by atoms with Gasteiger partial charge in [-0.2, -0.15) is 0 Å². The van der Waals surface area contributed by atoms with Gasteiger partial charge in [0.2, 0.25) is 18.6 Å². The van der Waals surface area contributed by atoms with Gasteiger partial charge in [-0.25, -0.2) is 0 Å². The summed E-state index contributed by atoms with van der Waals surface area (Å²) in [5.41, 5.74) is 0.662. The largest absolute Gasteiger partial charge is 0.507 e. The number of aliphatic hydroxyl groups is 2. The SMILES string of the molecule is CN1C(=O)[C@](CO)(c2cc3c(cc2O)OCCO3)c2ccccc21.CN1C(=O)[C@](CO)(c2cc3c(cc2O)OCO3)c2ccccc21. The van der Waals surface area contributed by atoms with E-state index in [2.05, 4.69) is 0 Å². The van der Waals surface area contributed by atoms with Crippen molar-refractivity contribution >= 4 is 23.2 Å². The van der Waals surface area contributed by atoms with E-state index >= 15 is 0 Å². The summed E-state index contributed by atoms with van der Waals surface area (Å²) in [6.07, 6.45) is 0. The number of rotatable bonds is 4. The summed E-state index contributed by atoms with van der Waals surface area (Å²) in [7, 11) is 3.32. The molecule has 0 aromatic heterocycles. The van der Waals surface area contributed by atoms with Crippen LogP contribution in [0.4, 0.5) is 11.4 Å². The molecule has 4 aromatic rings. The highest BCUT2D eigenvalue weighted by Gasteiger charge is 2.53. The first-order chi connectivity index (χ1) is 22.7. The molecular weight excluding hydrogens is 608 g/mol. The minimum absolute atomic E-state index is 0.0643. The van der Waals surface area contributed by atoms with Crippen molar-refractivity contribution in [3.05, 3.63) is 95.1 Å². The van der Waals surface area contributed by atoms with Gasteiger partial charge in [0, 0.05) is 48.7 Å². The zero-order valence-electron chi connectivity index (χ0n) is 25.6. The lowest BCUT2D eigenvalue weighted by atomic mass is 9.75. The third kappa shape index (κ3) is 4.21. The lowest BCUT2D eigenvalue weighted by Gasteiger charge is -2.29. The van der Waals surface area contributed by atoms with E-state index in [9.17, 15) is 30.0 Å². The number of likely N-dealkylation sites (N-methyl/N-ethyl adjacent to an activating group) is 2. The molecule has 0 bridgehead atoms. The third-order valence-electron chi connectivity index (χ3n) is 9.34. The van der Waals surface area contributed by atoms with Crippen molar-refractivity contribution in [3.63, 3.8) is 0 Å². The molecule has 0 radical (unpaired) electrons. The summed E-state index contributed by atoms with van der Waals surface area (Å²) in [6.45, 7) is -0.0508. The number of fused-ring (bicyclic) bond motifs is 4. The van der Waals surface area contributed by atoms with E-state index in [4.69, 9.17) is 18.9 Å². The first kappa shape index (κ1) is 30.2. The lowest BCUT2D eigenvalue weighted by Crippen LogP contribution is -2.42. The molecule has 8 rings (SSSR count). The van der Waals surface area contributed by atoms with Crippen LogP contribution in [0.1, 0.15) is 22.3 Å². The predicted molar refractivity (Wildman–Crippen MR) is 169 cm³/mol. The maximum absolute atomic E-state index is 13.0. The van der Waals surface area contributed by atoms with Crippen LogP contribution in [0.2, 0.25) is 0 Å². The van der Waals surface area contributed by atoms with E-state index in [1.807, 2.05) is 30.3 Å². The van der Waals surface area contributed by atoms with Crippen LogP contribution in [-0.4, -0.2) is 79.6 Å². The summed E-state index contributed by atoms with van der Waals surface area (Å²) >= 11 is 0. The van der Waals surface area contributed by atoms with Gasteiger partial charge in [-0.05, 0) is 35.4 Å². The highest BCUT2D eigenvalue weighted by molar-refractivity contribution is 6.11. The molecule has 0 unspecified atom stereocenters. The Kier molecular flexibility index (Phi) is 7.14. The van der Waals surface area contributed by atoms with E-state index in [1.54, 1.807) is 44.4 Å². The number of aromatic hydroxyl groups is 2. The highest BCUT2D eigenvalue weighted by Crippen LogP contribution is 2.52. The van der Waals surface area contributed by atoms with Gasteiger partial charge in [0.25, 0.3) is 0 Å². The first-order valence-corrected chi connectivity index (χ1v) is 14.9. The van der Waals surface area contributed by atoms with E-state index in [1.165, 1.54) is 21.9 Å². The molecule has 12 nitrogen and oxygen atoms in total. The molecule has 0 saturated carbocycles. The van der Waals surface area contributed by atoms with Crippen molar-refractivity contribution < 1.29 is 49.0 Å². The third-order valence-corrected chi connectivity index (χ3v) is 9.34. The molecule has 12 heteroatoms. The van der Waals surface area contributed by atoms with Crippen LogP contribution in [0.15, 0.2) is 72.8 Å². The quantitative estimate of drug-likeness (QED) is 0.261. The van der Waals surface area contributed by atoms with Gasteiger partial charge in [0.05, 0.1) is 13.2 Å². The number of phenols is 2. The number of hydrogen-bond acceptors (Lipinski definition) is 10. The van der Waals surface area contributed by atoms with Gasteiger partial charge in [-0.15, -0.1) is 0 Å². The molecule has 47 heavy (non-hydrogen) atoms. The van der Waals surface area contributed by atoms with Crippen LogP contribution >= 0.6 is 0 Å². The number of phenolic OH excluding ortho intramolecular Hbond substituents is 2. The van der Waals surface area contributed by atoms with Crippen LogP contribution < -0.4 is 28.7 Å². The summed E-state index contributed by atoms with van der Waals surface area (Å²) in [6, 6.07) is 20.5. The maximum Gasteiger partial charge on any atom is 0.244 e. The van der Waals surface area contributed by atoms with E-state index < -0.39 is 24.0 Å². The maximum atomic E-state index is 13.0. The number of para-hydroxylation sites is 2. The van der Waals surface area contributed by atoms with Gasteiger partial charge in [0.1, 0.15) is 35.5 Å². The number of aliphatic hydroxyl groups excluding tert-OH is 2.